The van der Waals surface area contributed by atoms with Crippen LogP contribution in [0.2, 0.25) is 5.02 Å². The Morgan fingerprint density at radius 2 is 1.63 bits per heavy atom. The number of carbonyl (C=O) groups excluding carboxylic acids is 3. The first-order chi connectivity index (χ1) is 12.8. The van der Waals surface area contributed by atoms with Gasteiger partial charge in [-0.05, 0) is 36.8 Å². The Labute approximate surface area is 162 Å². The molecular weight excluding hydrogens is 370 g/mol. The van der Waals surface area contributed by atoms with Crippen molar-refractivity contribution in [2.24, 2.45) is 0 Å². The number of carbonyl (C=O) groups is 3. The molecule has 2 aromatic carbocycles. The highest BCUT2D eigenvalue weighted by molar-refractivity contribution is 6.31. The summed E-state index contributed by atoms with van der Waals surface area (Å²) in [5.74, 6) is -0.796. The van der Waals surface area contributed by atoms with Crippen LogP contribution in [0.5, 0.6) is 5.75 Å². The normalized spacial score (nSPS) is 10.1. The van der Waals surface area contributed by atoms with Crippen LogP contribution in [0.4, 0.5) is 17.1 Å². The molecule has 0 unspecified atom stereocenters. The zero-order chi connectivity index (χ0) is 20.0. The van der Waals surface area contributed by atoms with Gasteiger partial charge in [0.1, 0.15) is 12.2 Å². The molecule has 0 aliphatic heterocycles. The smallest absolute Gasteiger partial charge is 0.233 e. The second-order valence-corrected chi connectivity index (χ2v) is 6.24. The molecule has 0 aromatic heterocycles. The number of nitrogens with one attached hydrogen (secondary N) is 3. The van der Waals surface area contributed by atoms with Crippen molar-refractivity contribution >= 4 is 46.4 Å². The van der Waals surface area contributed by atoms with Gasteiger partial charge in [0.2, 0.25) is 17.7 Å². The lowest BCUT2D eigenvalue weighted by Gasteiger charge is -2.12. The summed E-state index contributed by atoms with van der Waals surface area (Å²) in [5.41, 5.74) is 2.22. The summed E-state index contributed by atoms with van der Waals surface area (Å²) in [6, 6.07) is 9.91. The van der Waals surface area contributed by atoms with E-state index < -0.39 is 11.8 Å². The molecule has 3 amide bonds. The minimum atomic E-state index is -0.495. The average Bonchev–Trinajstić information content (AvgIpc) is 2.57. The van der Waals surface area contributed by atoms with Gasteiger partial charge < -0.3 is 20.7 Å². The fraction of sp³-hybridized carbons (Fsp3) is 0.211. The highest BCUT2D eigenvalue weighted by Crippen LogP contribution is 2.31. The maximum atomic E-state index is 12.2. The molecular formula is C19H20ClN3O4. The fourth-order valence-corrected chi connectivity index (χ4v) is 2.51. The zero-order valence-electron chi connectivity index (χ0n) is 15.2. The van der Waals surface area contributed by atoms with Crippen molar-refractivity contribution in [1.29, 1.82) is 0 Å². The first-order valence-corrected chi connectivity index (χ1v) is 8.47. The van der Waals surface area contributed by atoms with E-state index in [-0.39, 0.29) is 12.3 Å². The van der Waals surface area contributed by atoms with Crippen LogP contribution >= 0.6 is 11.6 Å². The van der Waals surface area contributed by atoms with Crippen molar-refractivity contribution in [1.82, 2.24) is 0 Å². The third-order valence-electron chi connectivity index (χ3n) is 3.54. The molecule has 0 saturated carbocycles. The predicted molar refractivity (Wildman–Crippen MR) is 105 cm³/mol. The molecule has 0 aliphatic rings. The van der Waals surface area contributed by atoms with Crippen LogP contribution in [0.3, 0.4) is 0 Å². The molecule has 27 heavy (non-hydrogen) atoms. The second-order valence-electron chi connectivity index (χ2n) is 5.84. The maximum absolute atomic E-state index is 12.2. The second kappa shape index (κ2) is 9.05. The van der Waals surface area contributed by atoms with Crippen LogP contribution in [0, 0.1) is 6.92 Å². The summed E-state index contributed by atoms with van der Waals surface area (Å²) < 4.78 is 5.19. The Bertz CT molecular complexity index is 883. The van der Waals surface area contributed by atoms with E-state index in [1.807, 2.05) is 0 Å². The number of anilines is 3. The van der Waals surface area contributed by atoms with E-state index in [4.69, 9.17) is 16.3 Å². The molecule has 142 valence electrons. The summed E-state index contributed by atoms with van der Waals surface area (Å²) in [6.07, 6.45) is -0.380. The minimum absolute atomic E-state index is 0.218. The lowest BCUT2D eigenvalue weighted by atomic mass is 10.2. The summed E-state index contributed by atoms with van der Waals surface area (Å²) in [6.45, 7) is 3.19. The molecule has 0 heterocycles. The number of rotatable bonds is 6. The van der Waals surface area contributed by atoms with Gasteiger partial charge in [-0.15, -0.1) is 0 Å². The third-order valence-corrected chi connectivity index (χ3v) is 3.95. The largest absolute Gasteiger partial charge is 0.495 e. The van der Waals surface area contributed by atoms with Gasteiger partial charge in [0.25, 0.3) is 0 Å². The van der Waals surface area contributed by atoms with Gasteiger partial charge in [-0.25, -0.2) is 0 Å². The van der Waals surface area contributed by atoms with Crippen molar-refractivity contribution in [3.05, 3.63) is 47.0 Å². The van der Waals surface area contributed by atoms with E-state index in [0.717, 1.165) is 5.56 Å². The lowest BCUT2D eigenvalue weighted by Crippen LogP contribution is -2.21. The van der Waals surface area contributed by atoms with E-state index >= 15 is 0 Å². The van der Waals surface area contributed by atoms with Crippen molar-refractivity contribution in [3.8, 4) is 5.75 Å². The fourth-order valence-electron chi connectivity index (χ4n) is 2.35. The summed E-state index contributed by atoms with van der Waals surface area (Å²) in [7, 11) is 1.46. The van der Waals surface area contributed by atoms with Crippen molar-refractivity contribution in [3.63, 3.8) is 0 Å². The van der Waals surface area contributed by atoms with Crippen molar-refractivity contribution in [2.45, 2.75) is 20.3 Å². The number of hydrogen-bond donors (Lipinski definition) is 3. The van der Waals surface area contributed by atoms with Gasteiger partial charge in [0.15, 0.2) is 0 Å². The lowest BCUT2D eigenvalue weighted by molar-refractivity contribution is -0.123. The highest BCUT2D eigenvalue weighted by Gasteiger charge is 2.14. The quantitative estimate of drug-likeness (QED) is 0.658. The van der Waals surface area contributed by atoms with E-state index in [0.29, 0.717) is 27.8 Å². The van der Waals surface area contributed by atoms with Crippen LogP contribution < -0.4 is 20.7 Å². The number of amides is 3. The van der Waals surface area contributed by atoms with Gasteiger partial charge in [-0.3, -0.25) is 14.4 Å². The van der Waals surface area contributed by atoms with E-state index in [1.54, 1.807) is 43.3 Å². The van der Waals surface area contributed by atoms with Gasteiger partial charge in [-0.2, -0.15) is 0 Å². The number of ether oxygens (including phenoxy) is 1. The Morgan fingerprint density at radius 3 is 2.26 bits per heavy atom. The van der Waals surface area contributed by atoms with Crippen LogP contribution in [-0.2, 0) is 14.4 Å². The predicted octanol–water partition coefficient (Wildman–Crippen LogP) is 3.58. The standard InChI is InChI=1S/C19H20ClN3O4/c1-11-7-16(17(27-3)9-15(11)20)23-19(26)10-18(25)22-14-6-4-5-13(8-14)21-12(2)24/h4-9H,10H2,1-3H3,(H,21,24)(H,22,25)(H,23,26). The molecule has 2 rings (SSSR count). The average molecular weight is 390 g/mol. The van der Waals surface area contributed by atoms with Crippen LogP contribution in [0.15, 0.2) is 36.4 Å². The Balaban J connectivity index is 1.99. The topological polar surface area (TPSA) is 96.5 Å². The first-order valence-electron chi connectivity index (χ1n) is 8.10. The third kappa shape index (κ3) is 6.00. The molecule has 0 spiro atoms. The Morgan fingerprint density at radius 1 is 1.00 bits per heavy atom. The molecule has 0 atom stereocenters. The molecule has 7 nitrogen and oxygen atoms in total. The number of methoxy groups -OCH3 is 1. The molecule has 0 aliphatic carbocycles. The Kier molecular flexibility index (Phi) is 6.79. The molecule has 2 aromatic rings. The van der Waals surface area contributed by atoms with Gasteiger partial charge >= 0.3 is 0 Å². The summed E-state index contributed by atoms with van der Waals surface area (Å²) >= 11 is 6.04. The molecule has 8 heteroatoms. The summed E-state index contributed by atoms with van der Waals surface area (Å²) in [4.78, 5) is 35.4. The SMILES string of the molecule is COc1cc(Cl)c(C)cc1NC(=O)CC(=O)Nc1cccc(NC(C)=O)c1. The molecule has 0 saturated heterocycles. The minimum Gasteiger partial charge on any atom is -0.495 e. The van der Waals surface area contributed by atoms with E-state index in [9.17, 15) is 14.4 Å². The highest BCUT2D eigenvalue weighted by atomic mass is 35.5. The Hall–Kier alpha value is -3.06. The van der Waals surface area contributed by atoms with Gasteiger partial charge in [0.05, 0.1) is 12.8 Å². The molecule has 0 bridgehead atoms. The number of aryl methyl sites for hydroxylation is 1. The van der Waals surface area contributed by atoms with Crippen LogP contribution in [-0.4, -0.2) is 24.8 Å². The van der Waals surface area contributed by atoms with Crippen LogP contribution in [0.25, 0.3) is 0 Å². The van der Waals surface area contributed by atoms with Crippen LogP contribution in [0.1, 0.15) is 18.9 Å². The molecule has 3 N–H and O–H groups in total. The zero-order valence-corrected chi connectivity index (χ0v) is 15.9. The molecule has 0 radical (unpaired) electrons. The van der Waals surface area contributed by atoms with Gasteiger partial charge in [-0.1, -0.05) is 17.7 Å². The summed E-state index contributed by atoms with van der Waals surface area (Å²) in [5, 5.41) is 8.40. The van der Waals surface area contributed by atoms with E-state index in [1.165, 1.54) is 14.0 Å². The van der Waals surface area contributed by atoms with Crippen molar-refractivity contribution < 1.29 is 19.1 Å². The monoisotopic (exact) mass is 389 g/mol. The number of benzene rings is 2. The van der Waals surface area contributed by atoms with Crippen molar-refractivity contribution in [2.75, 3.05) is 23.1 Å². The number of halogens is 1. The van der Waals surface area contributed by atoms with E-state index in [2.05, 4.69) is 16.0 Å². The molecule has 0 fully saturated rings. The number of hydrogen-bond acceptors (Lipinski definition) is 4. The van der Waals surface area contributed by atoms with Gasteiger partial charge in [0, 0.05) is 29.4 Å². The first kappa shape index (κ1) is 20.3. The maximum Gasteiger partial charge on any atom is 0.233 e.